The van der Waals surface area contributed by atoms with Crippen molar-refractivity contribution in [2.45, 2.75) is 37.8 Å². The van der Waals surface area contributed by atoms with E-state index in [-0.39, 0.29) is 11.4 Å². The van der Waals surface area contributed by atoms with Crippen LogP contribution in [-0.4, -0.2) is 56.1 Å². The highest BCUT2D eigenvalue weighted by Crippen LogP contribution is 2.48. The summed E-state index contributed by atoms with van der Waals surface area (Å²) in [6.45, 7) is 3.75. The summed E-state index contributed by atoms with van der Waals surface area (Å²) in [6, 6.07) is 16.6. The van der Waals surface area contributed by atoms with Gasteiger partial charge in [-0.15, -0.1) is 0 Å². The molecule has 1 aromatic heterocycles. The van der Waals surface area contributed by atoms with Crippen molar-refractivity contribution in [2.24, 2.45) is 0 Å². The minimum absolute atomic E-state index is 0.0499. The summed E-state index contributed by atoms with van der Waals surface area (Å²) in [5.74, 6) is 1.63. The molecule has 5 rings (SSSR count). The predicted octanol–water partition coefficient (Wildman–Crippen LogP) is 4.11. The third-order valence-electron chi connectivity index (χ3n) is 7.13. The van der Waals surface area contributed by atoms with Crippen molar-refractivity contribution in [3.8, 4) is 5.75 Å². The predicted molar refractivity (Wildman–Crippen MR) is 132 cm³/mol. The molecular weight excluding hydrogens is 412 g/mol. The van der Waals surface area contributed by atoms with Gasteiger partial charge in [0.15, 0.2) is 0 Å². The van der Waals surface area contributed by atoms with Crippen LogP contribution in [0, 0.1) is 6.92 Å². The van der Waals surface area contributed by atoms with Crippen LogP contribution in [0.15, 0.2) is 48.5 Å². The normalized spacial score (nSPS) is 19.1. The maximum absolute atomic E-state index is 13.4. The smallest absolute Gasteiger partial charge is 0.252 e. The molecule has 2 fully saturated rings. The molecule has 1 saturated heterocycles. The van der Waals surface area contributed by atoms with Crippen LogP contribution in [0.2, 0.25) is 0 Å². The summed E-state index contributed by atoms with van der Waals surface area (Å²) in [5.41, 5.74) is 3.38. The highest BCUT2D eigenvalue weighted by molar-refractivity contribution is 5.97. The van der Waals surface area contributed by atoms with Crippen molar-refractivity contribution in [1.29, 1.82) is 0 Å². The number of likely N-dealkylation sites (N-methyl/N-ethyl adjacent to an activating group) is 1. The number of benzene rings is 2. The zero-order valence-corrected chi connectivity index (χ0v) is 19.9. The molecule has 6 nitrogen and oxygen atoms in total. The number of fused-ring (bicyclic) bond motifs is 1. The van der Waals surface area contributed by atoms with Gasteiger partial charge in [-0.1, -0.05) is 18.2 Å². The molecule has 1 N–H and O–H groups in total. The van der Waals surface area contributed by atoms with E-state index in [9.17, 15) is 4.79 Å². The summed E-state index contributed by atoms with van der Waals surface area (Å²) >= 11 is 0. The summed E-state index contributed by atoms with van der Waals surface area (Å²) in [5, 5.41) is 4.45. The Morgan fingerprint density at radius 3 is 2.70 bits per heavy atom. The largest absolute Gasteiger partial charge is 0.492 e. The Hall–Kier alpha value is -3.12. The fourth-order valence-electron chi connectivity index (χ4n) is 4.59. The van der Waals surface area contributed by atoms with E-state index in [4.69, 9.17) is 9.72 Å². The molecule has 33 heavy (non-hydrogen) atoms. The SMILES string of the molecule is Cc1ccc(OCC2CCN2C)cc1C(=O)NC1(c2cccc3nc(N(C)C)ccc23)CC1. The Bertz CT molecular complexity index is 1200. The molecule has 1 amide bonds. The first-order valence-corrected chi connectivity index (χ1v) is 11.7. The van der Waals surface area contributed by atoms with Crippen LogP contribution in [0.3, 0.4) is 0 Å². The number of carbonyl (C=O) groups is 1. The average molecular weight is 445 g/mol. The lowest BCUT2D eigenvalue weighted by Crippen LogP contribution is -2.48. The third kappa shape index (κ3) is 4.15. The molecule has 1 unspecified atom stereocenters. The zero-order chi connectivity index (χ0) is 23.2. The first-order chi connectivity index (χ1) is 15.9. The molecular formula is C27H32N4O2. The second-order valence-electron chi connectivity index (χ2n) is 9.68. The van der Waals surface area contributed by atoms with Gasteiger partial charge >= 0.3 is 0 Å². The molecule has 1 aliphatic carbocycles. The van der Waals surface area contributed by atoms with E-state index in [1.165, 1.54) is 0 Å². The Morgan fingerprint density at radius 1 is 1.21 bits per heavy atom. The van der Waals surface area contributed by atoms with E-state index < -0.39 is 0 Å². The molecule has 2 aliphatic rings. The van der Waals surface area contributed by atoms with Gasteiger partial charge in [-0.3, -0.25) is 9.69 Å². The van der Waals surface area contributed by atoms with Crippen LogP contribution < -0.4 is 15.0 Å². The highest BCUT2D eigenvalue weighted by Gasteiger charge is 2.47. The number of aromatic nitrogens is 1. The maximum Gasteiger partial charge on any atom is 0.252 e. The zero-order valence-electron chi connectivity index (χ0n) is 19.9. The summed E-state index contributed by atoms with van der Waals surface area (Å²) < 4.78 is 6.01. The maximum atomic E-state index is 13.4. The van der Waals surface area contributed by atoms with Gasteiger partial charge in [0, 0.05) is 31.1 Å². The number of pyridine rings is 1. The van der Waals surface area contributed by atoms with Crippen LogP contribution in [0.5, 0.6) is 5.75 Å². The molecule has 0 spiro atoms. The van der Waals surface area contributed by atoms with Crippen molar-refractivity contribution in [1.82, 2.24) is 15.2 Å². The first-order valence-electron chi connectivity index (χ1n) is 11.7. The van der Waals surface area contributed by atoms with Crippen molar-refractivity contribution in [2.75, 3.05) is 39.2 Å². The minimum Gasteiger partial charge on any atom is -0.492 e. The third-order valence-corrected chi connectivity index (χ3v) is 7.13. The molecule has 6 heteroatoms. The number of carbonyl (C=O) groups excluding carboxylic acids is 1. The standard InChI is InChI=1S/C27H32N4O2/c1-18-8-9-20(33-17-19-12-15-31(19)4)16-22(18)26(32)29-27(13-14-27)23-6-5-7-24-21(23)10-11-25(28-24)30(2)3/h5-11,16,19H,12-15,17H2,1-4H3,(H,29,32). The number of nitrogens with one attached hydrogen (secondary N) is 1. The van der Waals surface area contributed by atoms with Crippen LogP contribution in [0.1, 0.15) is 40.7 Å². The fourth-order valence-corrected chi connectivity index (χ4v) is 4.59. The number of rotatable bonds is 7. The van der Waals surface area contributed by atoms with Gasteiger partial charge < -0.3 is 15.0 Å². The lowest BCUT2D eigenvalue weighted by atomic mass is 9.98. The van der Waals surface area contributed by atoms with Crippen LogP contribution >= 0.6 is 0 Å². The van der Waals surface area contributed by atoms with E-state index in [1.807, 2.05) is 62.3 Å². The monoisotopic (exact) mass is 444 g/mol. The van der Waals surface area contributed by atoms with E-state index in [2.05, 4.69) is 29.4 Å². The van der Waals surface area contributed by atoms with E-state index in [0.717, 1.165) is 59.4 Å². The number of hydrogen-bond donors (Lipinski definition) is 1. The number of ether oxygens (including phenoxy) is 1. The van der Waals surface area contributed by atoms with Crippen LogP contribution in [-0.2, 0) is 5.54 Å². The summed E-state index contributed by atoms with van der Waals surface area (Å²) in [6.07, 6.45) is 3.02. The number of anilines is 1. The van der Waals surface area contributed by atoms with Gasteiger partial charge in [0.1, 0.15) is 18.2 Å². The van der Waals surface area contributed by atoms with Gasteiger partial charge in [0.05, 0.1) is 11.1 Å². The van der Waals surface area contributed by atoms with Gasteiger partial charge in [0.25, 0.3) is 5.91 Å². The molecule has 2 heterocycles. The number of amides is 1. The minimum atomic E-state index is -0.337. The Labute approximate surface area is 195 Å². The molecule has 2 aromatic carbocycles. The number of likely N-dealkylation sites (tertiary alicyclic amines) is 1. The molecule has 1 saturated carbocycles. The number of aryl methyl sites for hydroxylation is 1. The number of nitrogens with zero attached hydrogens (tertiary/aromatic N) is 3. The lowest BCUT2D eigenvalue weighted by molar-refractivity contribution is 0.0767. The van der Waals surface area contributed by atoms with Crippen LogP contribution in [0.4, 0.5) is 5.82 Å². The summed E-state index contributed by atoms with van der Waals surface area (Å²) in [4.78, 5) is 22.5. The van der Waals surface area contributed by atoms with Crippen molar-refractivity contribution >= 4 is 22.6 Å². The van der Waals surface area contributed by atoms with Gasteiger partial charge in [-0.05, 0) is 81.2 Å². The van der Waals surface area contributed by atoms with Crippen molar-refractivity contribution in [3.63, 3.8) is 0 Å². The second kappa shape index (κ2) is 8.34. The summed E-state index contributed by atoms with van der Waals surface area (Å²) in [7, 11) is 6.10. The fraction of sp³-hybridized carbons (Fsp3) is 0.407. The van der Waals surface area contributed by atoms with Crippen molar-refractivity contribution in [3.05, 3.63) is 65.2 Å². The average Bonchev–Trinajstić information content (AvgIpc) is 3.58. The highest BCUT2D eigenvalue weighted by atomic mass is 16.5. The molecule has 1 atom stereocenters. The quantitative estimate of drug-likeness (QED) is 0.594. The molecule has 0 bridgehead atoms. The lowest BCUT2D eigenvalue weighted by Gasteiger charge is -2.37. The molecule has 1 aliphatic heterocycles. The first kappa shape index (κ1) is 21.7. The van der Waals surface area contributed by atoms with Crippen LogP contribution in [0.25, 0.3) is 10.9 Å². The van der Waals surface area contributed by atoms with Gasteiger partial charge in [-0.25, -0.2) is 4.98 Å². The van der Waals surface area contributed by atoms with E-state index in [1.54, 1.807) is 0 Å². The van der Waals surface area contributed by atoms with Crippen molar-refractivity contribution < 1.29 is 9.53 Å². The molecule has 172 valence electrons. The Kier molecular flexibility index (Phi) is 5.49. The second-order valence-corrected chi connectivity index (χ2v) is 9.68. The van der Waals surface area contributed by atoms with E-state index >= 15 is 0 Å². The molecule has 0 radical (unpaired) electrons. The topological polar surface area (TPSA) is 57.7 Å². The Balaban J connectivity index is 1.37. The Morgan fingerprint density at radius 2 is 2.03 bits per heavy atom. The molecule has 3 aromatic rings. The van der Waals surface area contributed by atoms with Gasteiger partial charge in [-0.2, -0.15) is 0 Å². The van der Waals surface area contributed by atoms with Gasteiger partial charge in [0.2, 0.25) is 0 Å². The van der Waals surface area contributed by atoms with E-state index in [0.29, 0.717) is 18.2 Å². The number of hydrogen-bond acceptors (Lipinski definition) is 5.